The average Bonchev–Trinajstić information content (AvgIpc) is 2.87. The Balaban J connectivity index is 1.50. The lowest BCUT2D eigenvalue weighted by atomic mass is 9.77. The van der Waals surface area contributed by atoms with Gasteiger partial charge in [0.1, 0.15) is 23.2 Å². The fraction of sp³-hybridized carbons (Fsp3) is 0.333. The molecular formula is C30H26F8O. The van der Waals surface area contributed by atoms with Crippen LogP contribution in [0.25, 0.3) is 17.2 Å². The maximum Gasteiger partial charge on any atom is 0.419 e. The number of rotatable bonds is 8. The molecule has 0 radical (unpaired) electrons. The molecule has 0 unspecified atom stereocenters. The average molecular weight is 555 g/mol. The van der Waals surface area contributed by atoms with Gasteiger partial charge in [-0.3, -0.25) is 0 Å². The van der Waals surface area contributed by atoms with E-state index in [1.807, 2.05) is 0 Å². The van der Waals surface area contributed by atoms with Crippen molar-refractivity contribution < 1.29 is 39.9 Å². The van der Waals surface area contributed by atoms with Gasteiger partial charge in [-0.2, -0.15) is 8.78 Å². The molecule has 0 aliphatic heterocycles. The minimum Gasteiger partial charge on any atom is -0.429 e. The predicted molar refractivity (Wildman–Crippen MR) is 132 cm³/mol. The zero-order chi connectivity index (χ0) is 28.3. The minimum absolute atomic E-state index is 0.0298. The molecule has 0 saturated heterocycles. The van der Waals surface area contributed by atoms with Crippen molar-refractivity contribution >= 4 is 6.08 Å². The molecule has 0 aromatic heterocycles. The van der Waals surface area contributed by atoms with Crippen LogP contribution in [0.5, 0.6) is 5.75 Å². The van der Waals surface area contributed by atoms with Gasteiger partial charge < -0.3 is 4.74 Å². The van der Waals surface area contributed by atoms with Gasteiger partial charge in [0.2, 0.25) is 0 Å². The van der Waals surface area contributed by atoms with Crippen molar-refractivity contribution in [2.24, 2.45) is 5.92 Å². The summed E-state index contributed by atoms with van der Waals surface area (Å²) in [6.45, 7) is 2.15. The first-order chi connectivity index (χ1) is 18.5. The van der Waals surface area contributed by atoms with E-state index in [1.54, 1.807) is 6.07 Å². The SMILES string of the molecule is CCCC1CCC(c2ccc(-c3cc(F)c(C=CC(F)(F)Oc4cc(F)c(F)c(F)c4)c(F)c3)c(F)c2)CC1. The first-order valence-corrected chi connectivity index (χ1v) is 12.7. The Labute approximate surface area is 221 Å². The highest BCUT2D eigenvalue weighted by atomic mass is 19.3. The number of benzene rings is 3. The fourth-order valence-electron chi connectivity index (χ4n) is 5.07. The Morgan fingerprint density at radius 3 is 1.97 bits per heavy atom. The molecule has 39 heavy (non-hydrogen) atoms. The third-order valence-electron chi connectivity index (χ3n) is 7.05. The summed E-state index contributed by atoms with van der Waals surface area (Å²) in [5.74, 6) is -8.64. The van der Waals surface area contributed by atoms with E-state index in [4.69, 9.17) is 0 Å². The second-order valence-corrected chi connectivity index (χ2v) is 9.80. The quantitative estimate of drug-likeness (QED) is 0.199. The van der Waals surface area contributed by atoms with Crippen molar-refractivity contribution in [2.75, 3.05) is 0 Å². The van der Waals surface area contributed by atoms with Crippen LogP contribution in [0, 0.1) is 40.8 Å². The molecule has 0 bridgehead atoms. The van der Waals surface area contributed by atoms with E-state index in [9.17, 15) is 35.1 Å². The van der Waals surface area contributed by atoms with E-state index in [2.05, 4.69) is 11.7 Å². The number of ether oxygens (including phenoxy) is 1. The molecule has 1 aliphatic rings. The lowest BCUT2D eigenvalue weighted by Gasteiger charge is -2.28. The molecule has 0 amide bonds. The largest absolute Gasteiger partial charge is 0.429 e. The highest BCUT2D eigenvalue weighted by Crippen LogP contribution is 2.39. The molecule has 0 atom stereocenters. The lowest BCUT2D eigenvalue weighted by molar-refractivity contribution is -0.131. The Bertz CT molecular complexity index is 1310. The number of hydrogen-bond donors (Lipinski definition) is 0. The van der Waals surface area contributed by atoms with Crippen molar-refractivity contribution in [3.05, 3.63) is 94.6 Å². The Morgan fingerprint density at radius 2 is 1.41 bits per heavy atom. The van der Waals surface area contributed by atoms with E-state index < -0.39 is 52.3 Å². The number of halogens is 8. The highest BCUT2D eigenvalue weighted by molar-refractivity contribution is 5.67. The zero-order valence-electron chi connectivity index (χ0n) is 21.0. The third kappa shape index (κ3) is 6.81. The van der Waals surface area contributed by atoms with E-state index >= 15 is 0 Å². The summed E-state index contributed by atoms with van der Waals surface area (Å²) in [5.41, 5.74) is -0.187. The van der Waals surface area contributed by atoms with Crippen LogP contribution < -0.4 is 4.74 Å². The number of hydrogen-bond acceptors (Lipinski definition) is 1. The molecule has 3 aromatic carbocycles. The van der Waals surface area contributed by atoms with E-state index in [-0.39, 0.29) is 35.3 Å². The van der Waals surface area contributed by atoms with Crippen LogP contribution in [0.3, 0.4) is 0 Å². The normalized spacial score (nSPS) is 18.1. The van der Waals surface area contributed by atoms with E-state index in [0.29, 0.717) is 12.0 Å². The minimum atomic E-state index is -4.26. The van der Waals surface area contributed by atoms with Crippen molar-refractivity contribution in [1.82, 2.24) is 0 Å². The molecular weight excluding hydrogens is 528 g/mol. The molecule has 1 fully saturated rings. The monoisotopic (exact) mass is 554 g/mol. The molecule has 1 aliphatic carbocycles. The topological polar surface area (TPSA) is 9.23 Å². The molecule has 208 valence electrons. The van der Waals surface area contributed by atoms with Gasteiger partial charge in [-0.1, -0.05) is 31.9 Å². The maximum atomic E-state index is 15.0. The molecule has 4 rings (SSSR count). The number of alkyl halides is 2. The van der Waals surface area contributed by atoms with Crippen LogP contribution in [-0.2, 0) is 0 Å². The first kappa shape index (κ1) is 28.6. The molecule has 0 heterocycles. The summed E-state index contributed by atoms with van der Waals surface area (Å²) >= 11 is 0. The lowest BCUT2D eigenvalue weighted by Crippen LogP contribution is -2.21. The smallest absolute Gasteiger partial charge is 0.419 e. The molecule has 3 aromatic rings. The summed E-state index contributed by atoms with van der Waals surface area (Å²) in [7, 11) is 0. The molecule has 0 N–H and O–H groups in total. The van der Waals surface area contributed by atoms with Gasteiger partial charge in [0.25, 0.3) is 0 Å². The van der Waals surface area contributed by atoms with Gasteiger partial charge >= 0.3 is 6.11 Å². The Hall–Kier alpha value is -3.36. The molecule has 0 spiro atoms. The fourth-order valence-corrected chi connectivity index (χ4v) is 5.07. The standard InChI is InChI=1S/C30H26F8O/c1-2-3-17-4-6-18(7-5-17)19-8-9-22(24(31)12-19)20-13-25(32)23(26(33)14-20)10-11-30(37,38)39-21-15-27(34)29(36)28(35)16-21/h8-18H,2-7H2,1H3. The van der Waals surface area contributed by atoms with Crippen molar-refractivity contribution in [2.45, 2.75) is 57.5 Å². The van der Waals surface area contributed by atoms with Crippen LogP contribution in [0.4, 0.5) is 35.1 Å². The summed E-state index contributed by atoms with van der Waals surface area (Å²) in [6.07, 6.45) is 2.48. The molecule has 9 heteroatoms. The Kier molecular flexibility index (Phi) is 8.67. The predicted octanol–water partition coefficient (Wildman–Crippen LogP) is 9.95. The van der Waals surface area contributed by atoms with E-state index in [1.165, 1.54) is 18.6 Å². The van der Waals surface area contributed by atoms with Gasteiger partial charge in [-0.15, -0.1) is 0 Å². The van der Waals surface area contributed by atoms with E-state index in [0.717, 1.165) is 49.8 Å². The van der Waals surface area contributed by atoms with Gasteiger partial charge in [-0.05, 0) is 72.9 Å². The summed E-state index contributed by atoms with van der Waals surface area (Å²) < 4.78 is 116. The van der Waals surface area contributed by atoms with Crippen LogP contribution in [0.15, 0.2) is 48.5 Å². The highest BCUT2D eigenvalue weighted by Gasteiger charge is 2.29. The van der Waals surface area contributed by atoms with Gasteiger partial charge in [-0.25, -0.2) is 26.3 Å². The van der Waals surface area contributed by atoms with Gasteiger partial charge in [0.05, 0.1) is 0 Å². The van der Waals surface area contributed by atoms with Crippen LogP contribution >= 0.6 is 0 Å². The summed E-state index contributed by atoms with van der Waals surface area (Å²) in [4.78, 5) is 0. The van der Waals surface area contributed by atoms with Gasteiger partial charge in [0.15, 0.2) is 17.5 Å². The van der Waals surface area contributed by atoms with Crippen molar-refractivity contribution in [3.63, 3.8) is 0 Å². The second kappa shape index (κ2) is 11.8. The van der Waals surface area contributed by atoms with Crippen molar-refractivity contribution in [1.29, 1.82) is 0 Å². The first-order valence-electron chi connectivity index (χ1n) is 12.7. The zero-order valence-corrected chi connectivity index (χ0v) is 21.0. The summed E-state index contributed by atoms with van der Waals surface area (Å²) in [5, 5.41) is 0. The summed E-state index contributed by atoms with van der Waals surface area (Å²) in [6, 6.07) is 6.62. The molecule has 1 saturated carbocycles. The maximum absolute atomic E-state index is 15.0. The van der Waals surface area contributed by atoms with Crippen LogP contribution in [-0.4, -0.2) is 6.11 Å². The van der Waals surface area contributed by atoms with Crippen molar-refractivity contribution in [3.8, 4) is 16.9 Å². The van der Waals surface area contributed by atoms with Gasteiger partial charge in [0, 0.05) is 29.3 Å². The van der Waals surface area contributed by atoms with Crippen LogP contribution in [0.1, 0.15) is 62.5 Å². The molecule has 1 nitrogen and oxygen atoms in total. The second-order valence-electron chi connectivity index (χ2n) is 9.80. The third-order valence-corrected chi connectivity index (χ3v) is 7.05. The van der Waals surface area contributed by atoms with Crippen LogP contribution in [0.2, 0.25) is 0 Å². The Morgan fingerprint density at radius 1 is 0.795 bits per heavy atom.